The normalized spacial score (nSPS) is 18.3. The number of benzene rings is 1. The first kappa shape index (κ1) is 16.7. The van der Waals surface area contributed by atoms with Gasteiger partial charge in [-0.2, -0.15) is 0 Å². The van der Waals surface area contributed by atoms with Crippen molar-refractivity contribution < 1.29 is 4.79 Å². The van der Waals surface area contributed by atoms with Crippen LogP contribution in [0.15, 0.2) is 48.8 Å². The summed E-state index contributed by atoms with van der Waals surface area (Å²) in [5.41, 5.74) is 3.65. The zero-order valence-corrected chi connectivity index (χ0v) is 14.2. The third kappa shape index (κ3) is 4.65. The SMILES string of the molecule is Cc1cccc(CN2CCCC(C(=O)NCc3cccnc3)C2)c1. The number of carbonyl (C=O) groups excluding carboxylic acids is 1. The lowest BCUT2D eigenvalue weighted by Crippen LogP contribution is -2.42. The summed E-state index contributed by atoms with van der Waals surface area (Å²) in [6.45, 7) is 5.51. The summed E-state index contributed by atoms with van der Waals surface area (Å²) in [5.74, 6) is 0.244. The molecule has 0 bridgehead atoms. The van der Waals surface area contributed by atoms with E-state index in [1.165, 1.54) is 11.1 Å². The number of aromatic nitrogens is 1. The maximum absolute atomic E-state index is 12.5. The minimum atomic E-state index is 0.0835. The number of nitrogens with zero attached hydrogens (tertiary/aromatic N) is 2. The summed E-state index contributed by atoms with van der Waals surface area (Å²) in [6.07, 6.45) is 5.60. The number of likely N-dealkylation sites (tertiary alicyclic amines) is 1. The smallest absolute Gasteiger partial charge is 0.224 e. The number of hydrogen-bond acceptors (Lipinski definition) is 3. The van der Waals surface area contributed by atoms with Crippen molar-refractivity contribution in [2.45, 2.75) is 32.9 Å². The van der Waals surface area contributed by atoms with E-state index in [1.54, 1.807) is 12.4 Å². The van der Waals surface area contributed by atoms with Gasteiger partial charge in [-0.25, -0.2) is 0 Å². The fourth-order valence-electron chi connectivity index (χ4n) is 3.32. The van der Waals surface area contributed by atoms with E-state index in [0.29, 0.717) is 6.54 Å². The molecule has 1 aliphatic rings. The fourth-order valence-corrected chi connectivity index (χ4v) is 3.32. The first-order valence-corrected chi connectivity index (χ1v) is 8.65. The van der Waals surface area contributed by atoms with Crippen LogP contribution in [-0.2, 0) is 17.9 Å². The third-order valence-corrected chi connectivity index (χ3v) is 4.55. The first-order valence-electron chi connectivity index (χ1n) is 8.65. The lowest BCUT2D eigenvalue weighted by molar-refractivity contribution is -0.126. The maximum atomic E-state index is 12.5. The van der Waals surface area contributed by atoms with Crippen LogP contribution in [-0.4, -0.2) is 28.9 Å². The zero-order valence-electron chi connectivity index (χ0n) is 14.2. The molecule has 4 nitrogen and oxygen atoms in total. The molecule has 4 heteroatoms. The monoisotopic (exact) mass is 323 g/mol. The van der Waals surface area contributed by atoms with Crippen LogP contribution >= 0.6 is 0 Å². The summed E-state index contributed by atoms with van der Waals surface area (Å²) in [7, 11) is 0. The number of amides is 1. The van der Waals surface area contributed by atoms with Crippen LogP contribution in [0, 0.1) is 12.8 Å². The predicted molar refractivity (Wildman–Crippen MR) is 95.3 cm³/mol. The van der Waals surface area contributed by atoms with Crippen LogP contribution in [0.3, 0.4) is 0 Å². The lowest BCUT2D eigenvalue weighted by Gasteiger charge is -2.32. The molecule has 126 valence electrons. The van der Waals surface area contributed by atoms with Gasteiger partial charge in [0.15, 0.2) is 0 Å². The van der Waals surface area contributed by atoms with Crippen LogP contribution in [0.4, 0.5) is 0 Å². The molecule has 1 aromatic heterocycles. The lowest BCUT2D eigenvalue weighted by atomic mass is 9.96. The highest BCUT2D eigenvalue weighted by Gasteiger charge is 2.25. The van der Waals surface area contributed by atoms with Crippen molar-refractivity contribution in [3.8, 4) is 0 Å². The summed E-state index contributed by atoms with van der Waals surface area (Å²) >= 11 is 0. The Hall–Kier alpha value is -2.20. The highest BCUT2D eigenvalue weighted by Crippen LogP contribution is 2.19. The molecule has 1 aromatic carbocycles. The van der Waals surface area contributed by atoms with Gasteiger partial charge in [0.1, 0.15) is 0 Å². The van der Waals surface area contributed by atoms with Gasteiger partial charge in [-0.1, -0.05) is 35.9 Å². The second kappa shape index (κ2) is 8.06. The van der Waals surface area contributed by atoms with Crippen LogP contribution in [0.2, 0.25) is 0 Å². The van der Waals surface area contributed by atoms with E-state index in [1.807, 2.05) is 12.1 Å². The van der Waals surface area contributed by atoms with E-state index in [9.17, 15) is 4.79 Å². The molecule has 0 radical (unpaired) electrons. The molecule has 1 saturated heterocycles. The number of nitrogens with one attached hydrogen (secondary N) is 1. The van der Waals surface area contributed by atoms with Crippen molar-refractivity contribution in [2.75, 3.05) is 13.1 Å². The molecular formula is C20H25N3O. The van der Waals surface area contributed by atoms with Crippen molar-refractivity contribution in [3.05, 3.63) is 65.5 Å². The van der Waals surface area contributed by atoms with E-state index in [4.69, 9.17) is 0 Å². The van der Waals surface area contributed by atoms with Crippen molar-refractivity contribution in [1.82, 2.24) is 15.2 Å². The molecule has 1 amide bonds. The van der Waals surface area contributed by atoms with Crippen molar-refractivity contribution in [1.29, 1.82) is 0 Å². The summed E-state index contributed by atoms with van der Waals surface area (Å²) in [6, 6.07) is 12.5. The van der Waals surface area contributed by atoms with E-state index in [-0.39, 0.29) is 11.8 Å². The fraction of sp³-hybridized carbons (Fsp3) is 0.400. The minimum absolute atomic E-state index is 0.0835. The average molecular weight is 323 g/mol. The van der Waals surface area contributed by atoms with E-state index in [2.05, 4.69) is 46.4 Å². The molecule has 1 atom stereocenters. The second-order valence-electron chi connectivity index (χ2n) is 6.64. The number of piperidine rings is 1. The van der Waals surface area contributed by atoms with E-state index in [0.717, 1.165) is 38.0 Å². The minimum Gasteiger partial charge on any atom is -0.352 e. The molecule has 1 fully saturated rings. The van der Waals surface area contributed by atoms with Crippen molar-refractivity contribution in [2.24, 2.45) is 5.92 Å². The van der Waals surface area contributed by atoms with Gasteiger partial charge < -0.3 is 5.32 Å². The summed E-state index contributed by atoms with van der Waals surface area (Å²) in [4.78, 5) is 18.9. The molecule has 3 rings (SSSR count). The van der Waals surface area contributed by atoms with E-state index < -0.39 is 0 Å². The Kier molecular flexibility index (Phi) is 5.59. The molecular weight excluding hydrogens is 298 g/mol. The molecule has 2 heterocycles. The van der Waals surface area contributed by atoms with Gasteiger partial charge >= 0.3 is 0 Å². The van der Waals surface area contributed by atoms with Crippen LogP contribution in [0.1, 0.15) is 29.5 Å². The Labute approximate surface area is 143 Å². The van der Waals surface area contributed by atoms with Gasteiger partial charge in [0.05, 0.1) is 5.92 Å². The Balaban J connectivity index is 1.52. The largest absolute Gasteiger partial charge is 0.352 e. The highest BCUT2D eigenvalue weighted by molar-refractivity contribution is 5.78. The first-order chi connectivity index (χ1) is 11.7. The van der Waals surface area contributed by atoms with Crippen LogP contribution in [0.25, 0.3) is 0 Å². The predicted octanol–water partition coefficient (Wildman–Crippen LogP) is 2.92. The third-order valence-electron chi connectivity index (χ3n) is 4.55. The number of aryl methyl sites for hydroxylation is 1. The van der Waals surface area contributed by atoms with E-state index >= 15 is 0 Å². The highest BCUT2D eigenvalue weighted by atomic mass is 16.1. The molecule has 0 spiro atoms. The molecule has 1 unspecified atom stereocenters. The quantitative estimate of drug-likeness (QED) is 0.920. The number of rotatable bonds is 5. The molecule has 0 saturated carbocycles. The average Bonchev–Trinajstić information content (AvgIpc) is 2.61. The van der Waals surface area contributed by atoms with Gasteiger partial charge in [0.25, 0.3) is 0 Å². The number of pyridine rings is 1. The zero-order chi connectivity index (χ0) is 16.8. The Bertz CT molecular complexity index is 672. The van der Waals surface area contributed by atoms with Gasteiger partial charge in [0.2, 0.25) is 5.91 Å². The number of hydrogen-bond donors (Lipinski definition) is 1. The van der Waals surface area contributed by atoms with Crippen LogP contribution < -0.4 is 5.32 Å². The standard InChI is InChI=1S/C20H25N3O/c1-16-5-2-6-17(11-16)14-23-10-4-8-19(15-23)20(24)22-13-18-7-3-9-21-12-18/h2-3,5-7,9,11-12,19H,4,8,10,13-15H2,1H3,(H,22,24). The number of carbonyl (C=O) groups is 1. The van der Waals surface area contributed by atoms with Gasteiger partial charge in [-0.3, -0.25) is 14.7 Å². The topological polar surface area (TPSA) is 45.2 Å². The van der Waals surface area contributed by atoms with Gasteiger partial charge in [-0.15, -0.1) is 0 Å². The molecule has 1 aliphatic heterocycles. The van der Waals surface area contributed by atoms with Crippen molar-refractivity contribution >= 4 is 5.91 Å². The summed E-state index contributed by atoms with van der Waals surface area (Å²) < 4.78 is 0. The molecule has 24 heavy (non-hydrogen) atoms. The second-order valence-corrected chi connectivity index (χ2v) is 6.64. The van der Waals surface area contributed by atoms with Gasteiger partial charge in [-0.05, 0) is 43.5 Å². The molecule has 0 aliphatic carbocycles. The molecule has 1 N–H and O–H groups in total. The summed E-state index contributed by atoms with van der Waals surface area (Å²) in [5, 5.41) is 3.06. The molecule has 2 aromatic rings. The Morgan fingerprint density at radius 2 is 2.17 bits per heavy atom. The van der Waals surface area contributed by atoms with Crippen LogP contribution in [0.5, 0.6) is 0 Å². The Morgan fingerprint density at radius 3 is 2.96 bits per heavy atom. The van der Waals surface area contributed by atoms with Crippen molar-refractivity contribution in [3.63, 3.8) is 0 Å². The van der Waals surface area contributed by atoms with Gasteiger partial charge in [0, 0.05) is 32.0 Å². The Morgan fingerprint density at radius 1 is 1.29 bits per heavy atom. The maximum Gasteiger partial charge on any atom is 0.224 e.